The van der Waals surface area contributed by atoms with Crippen LogP contribution in [0.4, 0.5) is 10.3 Å². The predicted octanol–water partition coefficient (Wildman–Crippen LogP) is 3.90. The van der Waals surface area contributed by atoms with Crippen LogP contribution in [-0.4, -0.2) is 47.0 Å². The molecule has 1 amide bonds. The first-order chi connectivity index (χ1) is 13.6. The van der Waals surface area contributed by atoms with E-state index in [9.17, 15) is 9.18 Å². The standard InChI is InChI=1S/C21H18ClFN4O/c22-18-4-1-3-17(19(18)23)15-5-7-16(8-6-15)20(28)26-11-13-27(14-12-26)21-24-9-2-10-25-21/h1-10H,11-14H2. The van der Waals surface area contributed by atoms with Gasteiger partial charge in [-0.2, -0.15) is 0 Å². The lowest BCUT2D eigenvalue weighted by molar-refractivity contribution is 0.0746. The summed E-state index contributed by atoms with van der Waals surface area (Å²) in [7, 11) is 0. The van der Waals surface area contributed by atoms with E-state index in [4.69, 9.17) is 11.6 Å². The molecule has 0 unspecified atom stereocenters. The maximum Gasteiger partial charge on any atom is 0.253 e. The molecule has 0 spiro atoms. The van der Waals surface area contributed by atoms with Crippen LogP contribution in [0.1, 0.15) is 10.4 Å². The number of piperazine rings is 1. The summed E-state index contributed by atoms with van der Waals surface area (Å²) in [5, 5.41) is 0.0814. The molecule has 0 bridgehead atoms. The van der Waals surface area contributed by atoms with Gasteiger partial charge in [0.05, 0.1) is 5.02 Å². The first-order valence-electron chi connectivity index (χ1n) is 8.99. The second-order valence-electron chi connectivity index (χ2n) is 6.51. The minimum atomic E-state index is -0.456. The normalized spacial score (nSPS) is 14.2. The van der Waals surface area contributed by atoms with Crippen molar-refractivity contribution in [3.05, 3.63) is 77.3 Å². The third kappa shape index (κ3) is 3.68. The highest BCUT2D eigenvalue weighted by molar-refractivity contribution is 6.31. The van der Waals surface area contributed by atoms with Crippen molar-refractivity contribution < 1.29 is 9.18 Å². The largest absolute Gasteiger partial charge is 0.337 e. The van der Waals surface area contributed by atoms with Crippen LogP contribution in [0.5, 0.6) is 0 Å². The van der Waals surface area contributed by atoms with Crippen molar-refractivity contribution in [1.82, 2.24) is 14.9 Å². The molecular weight excluding hydrogens is 379 g/mol. The van der Waals surface area contributed by atoms with Crippen molar-refractivity contribution in [1.29, 1.82) is 0 Å². The maximum atomic E-state index is 14.2. The van der Waals surface area contributed by atoms with E-state index in [1.807, 2.05) is 4.90 Å². The molecule has 0 aliphatic carbocycles. The van der Waals surface area contributed by atoms with E-state index in [0.29, 0.717) is 48.8 Å². The molecule has 2 aromatic carbocycles. The van der Waals surface area contributed by atoms with Crippen LogP contribution in [0.3, 0.4) is 0 Å². The molecule has 1 aromatic heterocycles. The summed E-state index contributed by atoms with van der Waals surface area (Å²) in [6.07, 6.45) is 3.42. The van der Waals surface area contributed by atoms with E-state index in [1.165, 1.54) is 6.07 Å². The first kappa shape index (κ1) is 18.4. The fourth-order valence-corrected chi connectivity index (χ4v) is 3.44. The Labute approximate surface area is 167 Å². The lowest BCUT2D eigenvalue weighted by Crippen LogP contribution is -2.49. The Hall–Kier alpha value is -2.99. The molecule has 1 fully saturated rings. The monoisotopic (exact) mass is 396 g/mol. The smallest absolute Gasteiger partial charge is 0.253 e. The summed E-state index contributed by atoms with van der Waals surface area (Å²) < 4.78 is 14.2. The molecule has 1 aliphatic rings. The average Bonchev–Trinajstić information content (AvgIpc) is 2.76. The number of rotatable bonds is 3. The first-order valence-corrected chi connectivity index (χ1v) is 9.37. The third-order valence-corrected chi connectivity index (χ3v) is 5.09. The quantitative estimate of drug-likeness (QED) is 0.673. The van der Waals surface area contributed by atoms with E-state index < -0.39 is 5.82 Å². The van der Waals surface area contributed by atoms with Gasteiger partial charge in [0.15, 0.2) is 0 Å². The number of carbonyl (C=O) groups excluding carboxylic acids is 1. The van der Waals surface area contributed by atoms with Crippen LogP contribution in [0.15, 0.2) is 60.9 Å². The highest BCUT2D eigenvalue weighted by Gasteiger charge is 2.23. The van der Waals surface area contributed by atoms with Gasteiger partial charge in [0.2, 0.25) is 5.95 Å². The predicted molar refractivity (Wildman–Crippen MR) is 107 cm³/mol. The van der Waals surface area contributed by atoms with Gasteiger partial charge >= 0.3 is 0 Å². The maximum absolute atomic E-state index is 14.2. The minimum absolute atomic E-state index is 0.0354. The molecule has 0 atom stereocenters. The summed E-state index contributed by atoms with van der Waals surface area (Å²) in [6, 6.07) is 13.6. The zero-order valence-electron chi connectivity index (χ0n) is 15.1. The topological polar surface area (TPSA) is 49.3 Å². The van der Waals surface area contributed by atoms with Gasteiger partial charge in [-0.3, -0.25) is 4.79 Å². The Balaban J connectivity index is 1.44. The van der Waals surface area contributed by atoms with Crippen LogP contribution in [0, 0.1) is 5.82 Å². The number of anilines is 1. The highest BCUT2D eigenvalue weighted by Crippen LogP contribution is 2.28. The molecule has 3 aromatic rings. The number of benzene rings is 2. The SMILES string of the molecule is O=C(c1ccc(-c2cccc(Cl)c2F)cc1)N1CCN(c2ncccn2)CC1. The van der Waals surface area contributed by atoms with E-state index in [-0.39, 0.29) is 10.9 Å². The Morgan fingerprint density at radius 1 is 0.929 bits per heavy atom. The molecule has 2 heterocycles. The zero-order chi connectivity index (χ0) is 19.5. The second-order valence-corrected chi connectivity index (χ2v) is 6.91. The number of carbonyl (C=O) groups is 1. The number of nitrogens with zero attached hydrogens (tertiary/aromatic N) is 4. The van der Waals surface area contributed by atoms with Crippen LogP contribution in [-0.2, 0) is 0 Å². The summed E-state index contributed by atoms with van der Waals surface area (Å²) >= 11 is 5.85. The highest BCUT2D eigenvalue weighted by atomic mass is 35.5. The van der Waals surface area contributed by atoms with Gasteiger partial charge in [-0.05, 0) is 29.8 Å². The fourth-order valence-electron chi connectivity index (χ4n) is 3.27. The van der Waals surface area contributed by atoms with Gasteiger partial charge in [0, 0.05) is 49.7 Å². The molecule has 5 nitrogen and oxygen atoms in total. The molecule has 7 heteroatoms. The minimum Gasteiger partial charge on any atom is -0.337 e. The van der Waals surface area contributed by atoms with Crippen LogP contribution in [0.2, 0.25) is 5.02 Å². The molecule has 142 valence electrons. The summed E-state index contributed by atoms with van der Waals surface area (Å²) in [4.78, 5) is 25.2. The molecule has 1 saturated heterocycles. The molecule has 0 saturated carbocycles. The van der Waals surface area contributed by atoms with Crippen molar-refractivity contribution in [3.63, 3.8) is 0 Å². The van der Waals surface area contributed by atoms with Crippen LogP contribution >= 0.6 is 11.6 Å². The van der Waals surface area contributed by atoms with E-state index >= 15 is 0 Å². The van der Waals surface area contributed by atoms with Crippen molar-refractivity contribution in [2.75, 3.05) is 31.1 Å². The van der Waals surface area contributed by atoms with Crippen LogP contribution < -0.4 is 4.90 Å². The van der Waals surface area contributed by atoms with E-state index in [1.54, 1.807) is 54.9 Å². The average molecular weight is 397 g/mol. The molecule has 28 heavy (non-hydrogen) atoms. The van der Waals surface area contributed by atoms with Crippen molar-refractivity contribution in [2.45, 2.75) is 0 Å². The lowest BCUT2D eigenvalue weighted by atomic mass is 10.0. The van der Waals surface area contributed by atoms with Crippen LogP contribution in [0.25, 0.3) is 11.1 Å². The van der Waals surface area contributed by atoms with Gasteiger partial charge in [-0.15, -0.1) is 0 Å². The van der Waals surface area contributed by atoms with E-state index in [0.717, 1.165) is 0 Å². The molecule has 0 radical (unpaired) electrons. The van der Waals surface area contributed by atoms with Crippen molar-refractivity contribution >= 4 is 23.5 Å². The van der Waals surface area contributed by atoms with Gasteiger partial charge in [0.25, 0.3) is 5.91 Å². The molecule has 1 aliphatic heterocycles. The Morgan fingerprint density at radius 3 is 2.29 bits per heavy atom. The number of hydrogen-bond donors (Lipinski definition) is 0. The third-order valence-electron chi connectivity index (χ3n) is 4.80. The summed E-state index contributed by atoms with van der Waals surface area (Å²) in [5.74, 6) is 0.191. The van der Waals surface area contributed by atoms with Crippen molar-refractivity contribution in [2.24, 2.45) is 0 Å². The number of hydrogen-bond acceptors (Lipinski definition) is 4. The molecule has 0 N–H and O–H groups in total. The second kappa shape index (κ2) is 7.94. The Kier molecular flexibility index (Phi) is 5.21. The Morgan fingerprint density at radius 2 is 1.61 bits per heavy atom. The lowest BCUT2D eigenvalue weighted by Gasteiger charge is -2.34. The number of aromatic nitrogens is 2. The number of amides is 1. The zero-order valence-corrected chi connectivity index (χ0v) is 15.8. The fraction of sp³-hybridized carbons (Fsp3) is 0.190. The Bertz CT molecular complexity index is 973. The van der Waals surface area contributed by atoms with E-state index in [2.05, 4.69) is 14.9 Å². The van der Waals surface area contributed by atoms with Gasteiger partial charge in [-0.1, -0.05) is 35.9 Å². The molecular formula is C21H18ClFN4O. The van der Waals surface area contributed by atoms with Gasteiger partial charge < -0.3 is 9.80 Å². The van der Waals surface area contributed by atoms with Crippen molar-refractivity contribution in [3.8, 4) is 11.1 Å². The van der Waals surface area contributed by atoms with Gasteiger partial charge in [-0.25, -0.2) is 14.4 Å². The summed E-state index contributed by atoms with van der Waals surface area (Å²) in [5.41, 5.74) is 1.68. The molecule has 4 rings (SSSR count). The number of halogens is 2. The van der Waals surface area contributed by atoms with Gasteiger partial charge in [0.1, 0.15) is 5.82 Å². The summed E-state index contributed by atoms with van der Waals surface area (Å²) in [6.45, 7) is 2.56.